The van der Waals surface area contributed by atoms with Crippen LogP contribution in [0.5, 0.6) is 0 Å². The van der Waals surface area contributed by atoms with E-state index in [9.17, 15) is 9.59 Å². The molecule has 0 spiro atoms. The van der Waals surface area contributed by atoms with Gasteiger partial charge in [0.25, 0.3) is 5.78 Å². The van der Waals surface area contributed by atoms with Gasteiger partial charge in [-0.2, -0.15) is 0 Å². The quantitative estimate of drug-likeness (QED) is 0.471. The highest BCUT2D eigenvalue weighted by Crippen LogP contribution is 2.18. The second kappa shape index (κ2) is 4.96. The van der Waals surface area contributed by atoms with Crippen LogP contribution in [0.3, 0.4) is 0 Å². The minimum atomic E-state index is -0.817. The summed E-state index contributed by atoms with van der Waals surface area (Å²) in [6.45, 7) is 3.76. The lowest BCUT2D eigenvalue weighted by Crippen LogP contribution is -2.17. The number of hydrogen-bond donors (Lipinski definition) is 0. The van der Waals surface area contributed by atoms with E-state index >= 15 is 0 Å². The molecule has 1 aromatic heterocycles. The zero-order chi connectivity index (χ0) is 13.1. The molecule has 0 aliphatic rings. The van der Waals surface area contributed by atoms with Crippen molar-refractivity contribution in [3.05, 3.63) is 41.7 Å². The molecule has 4 heteroatoms. The molecule has 2 rings (SSSR count). The van der Waals surface area contributed by atoms with Crippen LogP contribution in [0.2, 0.25) is 0 Å². The SMILES string of the molecule is CCOC(=O)C(=O)c1ccc2c(C)nccc2c1. The molecule has 0 aliphatic heterocycles. The van der Waals surface area contributed by atoms with Gasteiger partial charge in [0.15, 0.2) is 0 Å². The number of ketones is 1. The molecule has 1 aromatic carbocycles. The smallest absolute Gasteiger partial charge is 0.379 e. The maximum absolute atomic E-state index is 11.8. The summed E-state index contributed by atoms with van der Waals surface area (Å²) >= 11 is 0. The van der Waals surface area contributed by atoms with Crippen LogP contribution >= 0.6 is 0 Å². The third-order valence-corrected chi connectivity index (χ3v) is 2.69. The lowest BCUT2D eigenvalue weighted by atomic mass is 10.0. The fraction of sp³-hybridized carbons (Fsp3) is 0.214. The number of aryl methyl sites for hydroxylation is 1. The minimum absolute atomic E-state index is 0.196. The van der Waals surface area contributed by atoms with Gasteiger partial charge < -0.3 is 4.74 Å². The van der Waals surface area contributed by atoms with Crippen LogP contribution in [0.4, 0.5) is 0 Å². The van der Waals surface area contributed by atoms with Crippen LogP contribution in [0.1, 0.15) is 23.0 Å². The Hall–Kier alpha value is -2.23. The third-order valence-electron chi connectivity index (χ3n) is 2.69. The van der Waals surface area contributed by atoms with Crippen molar-refractivity contribution in [1.82, 2.24) is 4.98 Å². The highest BCUT2D eigenvalue weighted by molar-refractivity contribution is 6.40. The first kappa shape index (κ1) is 12.2. The number of pyridine rings is 1. The first-order valence-corrected chi connectivity index (χ1v) is 5.70. The van der Waals surface area contributed by atoms with Crippen molar-refractivity contribution >= 4 is 22.5 Å². The molecule has 18 heavy (non-hydrogen) atoms. The summed E-state index contributed by atoms with van der Waals surface area (Å²) in [6.07, 6.45) is 1.68. The number of fused-ring (bicyclic) bond motifs is 1. The molecule has 92 valence electrons. The number of ether oxygens (including phenoxy) is 1. The maximum Gasteiger partial charge on any atom is 0.379 e. The van der Waals surface area contributed by atoms with Gasteiger partial charge in [0, 0.05) is 22.8 Å². The molecule has 0 unspecified atom stereocenters. The predicted octanol–water partition coefficient (Wildman–Crippen LogP) is 2.29. The van der Waals surface area contributed by atoms with Gasteiger partial charge in [-0.25, -0.2) is 4.79 Å². The Labute approximate surface area is 105 Å². The van der Waals surface area contributed by atoms with Crippen LogP contribution in [-0.2, 0) is 9.53 Å². The van der Waals surface area contributed by atoms with Crippen LogP contribution in [0.25, 0.3) is 10.8 Å². The second-order valence-electron chi connectivity index (χ2n) is 3.88. The average Bonchev–Trinajstić information content (AvgIpc) is 2.38. The number of nitrogens with zero attached hydrogens (tertiary/aromatic N) is 1. The summed E-state index contributed by atoms with van der Waals surface area (Å²) in [6, 6.07) is 6.91. The van der Waals surface area contributed by atoms with Crippen molar-refractivity contribution in [2.45, 2.75) is 13.8 Å². The van der Waals surface area contributed by atoms with Crippen molar-refractivity contribution in [3.8, 4) is 0 Å². The zero-order valence-corrected chi connectivity index (χ0v) is 10.3. The molecule has 0 saturated heterocycles. The van der Waals surface area contributed by atoms with E-state index in [2.05, 4.69) is 4.98 Å². The fourth-order valence-corrected chi connectivity index (χ4v) is 1.78. The zero-order valence-electron chi connectivity index (χ0n) is 10.3. The Kier molecular flexibility index (Phi) is 3.37. The maximum atomic E-state index is 11.8. The van der Waals surface area contributed by atoms with E-state index in [1.54, 1.807) is 31.3 Å². The second-order valence-corrected chi connectivity index (χ2v) is 3.88. The summed E-state index contributed by atoms with van der Waals surface area (Å²) in [5.74, 6) is -1.43. The van der Waals surface area contributed by atoms with Crippen molar-refractivity contribution < 1.29 is 14.3 Å². The van der Waals surface area contributed by atoms with E-state index in [0.717, 1.165) is 16.5 Å². The van der Waals surface area contributed by atoms with E-state index in [4.69, 9.17) is 4.74 Å². The summed E-state index contributed by atoms with van der Waals surface area (Å²) in [5, 5.41) is 1.86. The first-order valence-electron chi connectivity index (χ1n) is 5.70. The Morgan fingerprint density at radius 2 is 2.06 bits per heavy atom. The van der Waals surface area contributed by atoms with Crippen LogP contribution < -0.4 is 0 Å². The normalized spacial score (nSPS) is 10.3. The molecule has 4 nitrogen and oxygen atoms in total. The molecule has 0 aliphatic carbocycles. The van der Waals surface area contributed by atoms with E-state index in [-0.39, 0.29) is 6.61 Å². The molecule has 0 fully saturated rings. The molecule has 0 amide bonds. The number of esters is 1. The predicted molar refractivity (Wildman–Crippen MR) is 67.4 cm³/mol. The molecule has 0 radical (unpaired) electrons. The van der Waals surface area contributed by atoms with Crippen molar-refractivity contribution in [3.63, 3.8) is 0 Å². The fourth-order valence-electron chi connectivity index (χ4n) is 1.78. The molecule has 0 saturated carbocycles. The molecular formula is C14H13NO3. The lowest BCUT2D eigenvalue weighted by molar-refractivity contribution is -0.137. The largest absolute Gasteiger partial charge is 0.460 e. The number of hydrogen-bond acceptors (Lipinski definition) is 4. The van der Waals surface area contributed by atoms with Crippen molar-refractivity contribution in [2.24, 2.45) is 0 Å². The summed E-state index contributed by atoms with van der Waals surface area (Å²) in [4.78, 5) is 27.3. The van der Waals surface area contributed by atoms with E-state index in [1.165, 1.54) is 0 Å². The van der Waals surface area contributed by atoms with Gasteiger partial charge in [-0.1, -0.05) is 12.1 Å². The Bertz CT molecular complexity index is 619. The number of Topliss-reactive ketones (excluding diaryl/α,β-unsaturated/α-hetero) is 1. The number of aromatic nitrogens is 1. The van der Waals surface area contributed by atoms with E-state index in [0.29, 0.717) is 5.56 Å². The Balaban J connectivity index is 2.42. The highest BCUT2D eigenvalue weighted by atomic mass is 16.5. The molecule has 0 bridgehead atoms. The first-order chi connectivity index (χ1) is 8.63. The number of benzene rings is 1. The lowest BCUT2D eigenvalue weighted by Gasteiger charge is -2.04. The van der Waals surface area contributed by atoms with Gasteiger partial charge in [0.1, 0.15) is 0 Å². The van der Waals surface area contributed by atoms with Crippen molar-refractivity contribution in [2.75, 3.05) is 6.61 Å². The topological polar surface area (TPSA) is 56.3 Å². The molecule has 2 aromatic rings. The standard InChI is InChI=1S/C14H13NO3/c1-3-18-14(17)13(16)11-4-5-12-9(2)15-7-6-10(12)8-11/h4-8H,3H2,1-2H3. The van der Waals surface area contributed by atoms with Crippen molar-refractivity contribution in [1.29, 1.82) is 0 Å². The van der Waals surface area contributed by atoms with Gasteiger partial charge in [0.05, 0.1) is 6.61 Å². The molecular weight excluding hydrogens is 230 g/mol. The van der Waals surface area contributed by atoms with Gasteiger partial charge in [-0.3, -0.25) is 9.78 Å². The van der Waals surface area contributed by atoms with Gasteiger partial charge in [0.2, 0.25) is 0 Å². The summed E-state index contributed by atoms with van der Waals surface area (Å²) in [7, 11) is 0. The molecule has 0 N–H and O–H groups in total. The van der Waals surface area contributed by atoms with Gasteiger partial charge >= 0.3 is 5.97 Å². The minimum Gasteiger partial charge on any atom is -0.460 e. The highest BCUT2D eigenvalue weighted by Gasteiger charge is 2.17. The number of rotatable bonds is 3. The average molecular weight is 243 g/mol. The van der Waals surface area contributed by atoms with Crippen LogP contribution in [0.15, 0.2) is 30.5 Å². The van der Waals surface area contributed by atoms with Gasteiger partial charge in [-0.15, -0.1) is 0 Å². The summed E-state index contributed by atoms with van der Waals surface area (Å²) < 4.78 is 4.69. The molecule has 1 heterocycles. The van der Waals surface area contributed by atoms with Crippen LogP contribution in [-0.4, -0.2) is 23.3 Å². The van der Waals surface area contributed by atoms with Crippen LogP contribution in [0, 0.1) is 6.92 Å². The van der Waals surface area contributed by atoms with E-state index in [1.807, 2.05) is 13.0 Å². The number of carbonyl (C=O) groups is 2. The Morgan fingerprint density at radius 3 is 2.78 bits per heavy atom. The summed E-state index contributed by atoms with van der Waals surface area (Å²) in [5.41, 5.74) is 1.23. The molecule has 0 atom stereocenters. The van der Waals surface area contributed by atoms with Gasteiger partial charge in [-0.05, 0) is 31.4 Å². The Morgan fingerprint density at radius 1 is 1.28 bits per heavy atom. The third kappa shape index (κ3) is 2.22. The monoisotopic (exact) mass is 243 g/mol. The van der Waals surface area contributed by atoms with E-state index < -0.39 is 11.8 Å². The number of carbonyl (C=O) groups excluding carboxylic acids is 2.